The summed E-state index contributed by atoms with van der Waals surface area (Å²) in [5, 5.41) is 8.60. The Kier molecular flexibility index (Phi) is 25.4. The van der Waals surface area contributed by atoms with Crippen molar-refractivity contribution in [3.63, 3.8) is 0 Å². The summed E-state index contributed by atoms with van der Waals surface area (Å²) in [7, 11) is 0. The van der Waals surface area contributed by atoms with Gasteiger partial charge in [0.2, 0.25) is 0 Å². The molecule has 0 saturated carbocycles. The molecule has 1 aliphatic rings. The van der Waals surface area contributed by atoms with E-state index in [-0.39, 0.29) is 10.8 Å². The molecule has 0 fully saturated rings. The molecule has 0 bridgehead atoms. The van der Waals surface area contributed by atoms with Crippen LogP contribution in [0.15, 0.2) is 133 Å². The first-order chi connectivity index (χ1) is 45.4. The van der Waals surface area contributed by atoms with Gasteiger partial charge >= 0.3 is 0 Å². The van der Waals surface area contributed by atoms with E-state index in [2.05, 4.69) is 321 Å². The Morgan fingerprint density at radius 3 is 1.13 bits per heavy atom. The normalized spacial score (nSPS) is 12.2. The van der Waals surface area contributed by atoms with Crippen LogP contribution in [0.3, 0.4) is 0 Å². The van der Waals surface area contributed by atoms with Gasteiger partial charge < -0.3 is 0 Å². The van der Waals surface area contributed by atoms with Crippen LogP contribution in [-0.2, 0) is 23.7 Å². The summed E-state index contributed by atoms with van der Waals surface area (Å²) in [4.78, 5) is 9.10. The molecule has 0 saturated heterocycles. The first-order valence-electron chi connectivity index (χ1n) is 35.1. The van der Waals surface area contributed by atoms with E-state index in [4.69, 9.17) is 0 Å². The zero-order valence-corrected chi connectivity index (χ0v) is 69.1. The number of aryl methyl sites for hydroxylation is 14. The van der Waals surface area contributed by atoms with Crippen molar-refractivity contribution in [1.29, 1.82) is 0 Å². The number of rotatable bonds is 4. The molecular weight excluding hydrogens is 1290 g/mol. The molecule has 13 aromatic rings. The fourth-order valence-corrected chi connectivity index (χ4v) is 21.0. The van der Waals surface area contributed by atoms with Crippen LogP contribution in [-0.4, -0.2) is 0 Å². The molecule has 14 rings (SSSR count). The van der Waals surface area contributed by atoms with Gasteiger partial charge in [-0.3, -0.25) is 0 Å². The standard InChI is InChI=1S/3C14H18S.2C13H16S.C12H14.C11H12S/c1-9-6-7-12-11(8-9)10(2)13(15-12)14(3,4)5;1-9-6-7-11-10(2)13(14(3,4)5)15-12(11)8-9;1-9(2)7-13-11(4)12-6-5-10(3)8-14(12)15-13;1-8(2)13-10(4)11-7-9(3)5-6-12(11)14-13;1-8(2)13-10(4)11-6-5-9(3)7-12(11)14-13;1-8-4-5-11-7-9(2)10(3)12(11)6-8;1-7-4-5-10-8(2)9(3)12-11(10)6-7/h2*6-8H,1-5H3;5-6,8-9H,7H2,1-4H3;2*5-8H,1-4H3;4-6H,7H2,1-3H3;4-6H,1-3H3. The Bertz CT molecular complexity index is 4900. The molecule has 6 heteroatoms. The molecule has 7 aromatic carbocycles. The lowest BCUT2D eigenvalue weighted by Crippen LogP contribution is -2.09. The Morgan fingerprint density at radius 2 is 0.660 bits per heavy atom. The van der Waals surface area contributed by atoms with E-state index in [1.54, 1.807) is 4.88 Å². The highest BCUT2D eigenvalue weighted by Crippen LogP contribution is 2.42. The largest absolute Gasteiger partial charge is 0.140 e. The van der Waals surface area contributed by atoms with E-state index < -0.39 is 0 Å². The third-order valence-electron chi connectivity index (χ3n) is 18.7. The minimum absolute atomic E-state index is 0.266. The first kappa shape index (κ1) is 76.8. The summed E-state index contributed by atoms with van der Waals surface area (Å²) >= 11 is 11.6. The van der Waals surface area contributed by atoms with Gasteiger partial charge in [0.05, 0.1) is 0 Å². The fraction of sp³-hybridized carbons (Fsp3) is 0.385. The third kappa shape index (κ3) is 18.7. The predicted molar refractivity (Wildman–Crippen MR) is 450 cm³/mol. The fourth-order valence-electron chi connectivity index (χ4n) is 13.2. The van der Waals surface area contributed by atoms with Crippen molar-refractivity contribution in [1.82, 2.24) is 0 Å². The van der Waals surface area contributed by atoms with E-state index >= 15 is 0 Å². The van der Waals surface area contributed by atoms with E-state index in [1.807, 2.05) is 68.0 Å². The SMILES string of the molecule is CC1=C(C)c2cc(C)ccc2C1.Cc1ccc2c(C)c(C(C)(C)C)sc2c1.Cc1ccc2c(C)c(C(C)C)sc2c1.Cc1ccc2c(C)c(C)sc2c1.Cc1ccc2c(C)c(CC(C)C)sc2c1.Cc1ccc2sc(C(C)(C)C)c(C)c2c1.Cc1ccc2sc(C(C)C)c(C)c2c1. The molecule has 0 amide bonds. The van der Waals surface area contributed by atoms with Gasteiger partial charge in [-0.05, 0) is 293 Å². The number of benzene rings is 7. The molecule has 97 heavy (non-hydrogen) atoms. The van der Waals surface area contributed by atoms with Crippen LogP contribution in [0.4, 0.5) is 0 Å². The van der Waals surface area contributed by atoms with Crippen LogP contribution in [0.1, 0.15) is 221 Å². The second-order valence-corrected chi connectivity index (χ2v) is 37.5. The Labute approximate surface area is 610 Å². The summed E-state index contributed by atoms with van der Waals surface area (Å²) in [6.07, 6.45) is 2.37. The summed E-state index contributed by atoms with van der Waals surface area (Å²) in [6, 6.07) is 47.2. The quantitative estimate of drug-likeness (QED) is 0.165. The maximum Gasteiger partial charge on any atom is 0.0351 e. The maximum absolute atomic E-state index is 2.30. The molecule has 6 heterocycles. The van der Waals surface area contributed by atoms with Crippen LogP contribution in [0.2, 0.25) is 0 Å². The number of thiophene rings is 6. The van der Waals surface area contributed by atoms with Gasteiger partial charge in [-0.1, -0.05) is 196 Å². The number of fused-ring (bicyclic) bond motifs is 7. The molecule has 0 N–H and O–H groups in total. The smallest absolute Gasteiger partial charge is 0.0351 e. The molecule has 0 nitrogen and oxygen atoms in total. The van der Waals surface area contributed by atoms with E-state index in [0.29, 0.717) is 11.8 Å². The Balaban J connectivity index is 0.000000145. The molecule has 0 spiro atoms. The van der Waals surface area contributed by atoms with E-state index in [0.717, 1.165) is 12.3 Å². The second kappa shape index (κ2) is 32.1. The Morgan fingerprint density at radius 1 is 0.320 bits per heavy atom. The zero-order valence-electron chi connectivity index (χ0n) is 64.2. The van der Waals surface area contributed by atoms with Gasteiger partial charge in [0, 0.05) is 57.5 Å². The molecule has 0 atom stereocenters. The molecule has 0 radical (unpaired) electrons. The minimum Gasteiger partial charge on any atom is -0.140 e. The van der Waals surface area contributed by atoms with Crippen molar-refractivity contribution in [2.24, 2.45) is 5.92 Å². The lowest BCUT2D eigenvalue weighted by molar-refractivity contribution is 0.600. The lowest BCUT2D eigenvalue weighted by Gasteiger charge is -2.17. The van der Waals surface area contributed by atoms with Crippen molar-refractivity contribution in [3.8, 4) is 0 Å². The summed E-state index contributed by atoms with van der Waals surface area (Å²) in [5.41, 5.74) is 24.8. The van der Waals surface area contributed by atoms with Crippen LogP contribution in [0.5, 0.6) is 0 Å². The molecular formula is C91H112S6. The average Bonchev–Trinajstić information content (AvgIpc) is 1.62. The summed E-state index contributed by atoms with van der Waals surface area (Å²) in [5.74, 6) is 2.04. The summed E-state index contributed by atoms with van der Waals surface area (Å²) in [6.45, 7) is 62.5. The highest BCUT2D eigenvalue weighted by molar-refractivity contribution is 7.21. The highest BCUT2D eigenvalue weighted by atomic mass is 32.1. The van der Waals surface area contributed by atoms with Gasteiger partial charge in [0.15, 0.2) is 0 Å². The van der Waals surface area contributed by atoms with Crippen molar-refractivity contribution in [2.75, 3.05) is 0 Å². The molecule has 1 aliphatic carbocycles. The van der Waals surface area contributed by atoms with Crippen molar-refractivity contribution in [2.45, 2.75) is 229 Å². The van der Waals surface area contributed by atoms with E-state index in [1.165, 1.54) is 186 Å². The summed E-state index contributed by atoms with van der Waals surface area (Å²) < 4.78 is 8.58. The first-order valence-corrected chi connectivity index (χ1v) is 40.0. The van der Waals surface area contributed by atoms with Gasteiger partial charge in [0.1, 0.15) is 0 Å². The van der Waals surface area contributed by atoms with Crippen molar-refractivity contribution >= 4 is 134 Å². The van der Waals surface area contributed by atoms with Gasteiger partial charge in [-0.15, -0.1) is 68.0 Å². The van der Waals surface area contributed by atoms with E-state index in [9.17, 15) is 0 Å². The van der Waals surface area contributed by atoms with Crippen molar-refractivity contribution < 1.29 is 0 Å². The number of hydrogen-bond acceptors (Lipinski definition) is 6. The molecule has 512 valence electrons. The molecule has 0 unspecified atom stereocenters. The average molecular weight is 1400 g/mol. The number of allylic oxidation sites excluding steroid dienone is 2. The van der Waals surface area contributed by atoms with Crippen LogP contribution >= 0.6 is 68.0 Å². The number of hydrogen-bond donors (Lipinski definition) is 0. The second-order valence-electron chi connectivity index (χ2n) is 30.9. The topological polar surface area (TPSA) is 0 Å². The zero-order chi connectivity index (χ0) is 71.4. The third-order valence-corrected chi connectivity index (χ3v) is 27.7. The minimum atomic E-state index is 0.266. The van der Waals surface area contributed by atoms with Gasteiger partial charge in [-0.2, -0.15) is 0 Å². The van der Waals surface area contributed by atoms with Crippen LogP contribution < -0.4 is 0 Å². The molecule has 0 aliphatic heterocycles. The van der Waals surface area contributed by atoms with Crippen LogP contribution in [0.25, 0.3) is 66.1 Å². The van der Waals surface area contributed by atoms with Crippen LogP contribution in [0, 0.1) is 103 Å². The molecule has 6 aromatic heterocycles. The van der Waals surface area contributed by atoms with Gasteiger partial charge in [0.25, 0.3) is 0 Å². The maximum atomic E-state index is 2.30. The predicted octanol–water partition coefficient (Wildman–Crippen LogP) is 30.8. The van der Waals surface area contributed by atoms with Crippen molar-refractivity contribution in [3.05, 3.63) is 246 Å². The van der Waals surface area contributed by atoms with Gasteiger partial charge in [-0.25, -0.2) is 0 Å². The highest BCUT2D eigenvalue weighted by Gasteiger charge is 2.23. The Hall–Kier alpha value is -5.96. The lowest BCUT2D eigenvalue weighted by atomic mass is 9.91. The monoisotopic (exact) mass is 1400 g/mol.